The Balaban J connectivity index is 1.36. The number of nitrogens with zero attached hydrogens (tertiary/aromatic N) is 3. The van der Waals surface area contributed by atoms with Crippen molar-refractivity contribution in [3.63, 3.8) is 0 Å². The van der Waals surface area contributed by atoms with Crippen LogP contribution in [0.25, 0.3) is 21.9 Å². The van der Waals surface area contributed by atoms with Crippen LogP contribution in [0.15, 0.2) is 53.6 Å². The number of aliphatic carboxylic acids is 1. The van der Waals surface area contributed by atoms with E-state index in [0.29, 0.717) is 5.39 Å². The number of aromatic nitrogens is 4. The number of nitrogen functional groups attached to an aromatic ring is 1. The van der Waals surface area contributed by atoms with Crippen LogP contribution in [0.4, 0.5) is 5.95 Å². The van der Waals surface area contributed by atoms with Gasteiger partial charge in [0, 0.05) is 11.8 Å². The number of carboxylic acid groups (broad SMARTS) is 1. The van der Waals surface area contributed by atoms with Crippen molar-refractivity contribution in [3.05, 3.63) is 59.1 Å². The van der Waals surface area contributed by atoms with Gasteiger partial charge in [0.25, 0.3) is 5.56 Å². The quantitative estimate of drug-likeness (QED) is 0.191. The largest absolute Gasteiger partial charge is 0.480 e. The summed E-state index contributed by atoms with van der Waals surface area (Å²) in [6.45, 7) is 0.897. The first-order valence-electron chi connectivity index (χ1n) is 11.6. The molecular formula is C23H25N6O8P. The molecule has 38 heavy (non-hydrogen) atoms. The molecule has 4 aromatic rings. The van der Waals surface area contributed by atoms with Crippen LogP contribution in [0.5, 0.6) is 5.75 Å². The van der Waals surface area contributed by atoms with Crippen LogP contribution >= 0.6 is 7.75 Å². The lowest BCUT2D eigenvalue weighted by molar-refractivity contribution is -0.138. The second-order valence-corrected chi connectivity index (χ2v) is 10.5. The number of nitrogens with one attached hydrogen (secondary N) is 2. The standard InChI is InChI=1S/C23H25N6O8P/c1-12(22(32)33)28-38(34,37-16-8-4-6-13-5-2-3-7-14(13)16)35-10-17-15(30)9-18(36-17)29-11-25-19-20(29)26-23(24)27-21(19)31/h2-8,11-12,15,17-18,30H,9-10H2,1H3,(H,28,34)(H,32,33)(H3,24,26,27,31)/t12-,15-,17+,18+,38?/m0/s1. The predicted octanol–water partition coefficient (Wildman–Crippen LogP) is 1.77. The normalized spacial score (nSPS) is 21.9. The first-order valence-corrected chi connectivity index (χ1v) is 13.2. The zero-order chi connectivity index (χ0) is 27.0. The van der Waals surface area contributed by atoms with Gasteiger partial charge in [-0.25, -0.2) is 9.55 Å². The number of H-pyrrole nitrogens is 1. The summed E-state index contributed by atoms with van der Waals surface area (Å²) in [7, 11) is -4.28. The number of aliphatic hydroxyl groups is 1. The Bertz CT molecular complexity index is 1600. The average molecular weight is 544 g/mol. The number of hydrogen-bond donors (Lipinski definition) is 5. The number of aliphatic hydroxyl groups excluding tert-OH is 1. The highest BCUT2D eigenvalue weighted by Crippen LogP contribution is 2.47. The number of imidazole rings is 1. The number of anilines is 1. The van der Waals surface area contributed by atoms with Crippen molar-refractivity contribution in [2.45, 2.75) is 37.8 Å². The summed E-state index contributed by atoms with van der Waals surface area (Å²) >= 11 is 0. The molecule has 200 valence electrons. The molecule has 5 rings (SSSR count). The molecule has 2 aromatic carbocycles. The van der Waals surface area contributed by atoms with E-state index >= 15 is 0 Å². The molecule has 1 aliphatic heterocycles. The average Bonchev–Trinajstić information content (AvgIpc) is 3.46. The SMILES string of the molecule is C[C@H](NP(=O)(OC[C@H]1O[C@@H](n2cnc3c(=O)[nH]c(N)nc32)C[C@@H]1O)Oc1cccc2ccccc12)C(=O)O. The lowest BCUT2D eigenvalue weighted by Gasteiger charge is -2.24. The van der Waals surface area contributed by atoms with Crippen LogP contribution in [0.2, 0.25) is 0 Å². The van der Waals surface area contributed by atoms with E-state index in [1.807, 2.05) is 18.2 Å². The van der Waals surface area contributed by atoms with Crippen molar-refractivity contribution in [1.29, 1.82) is 0 Å². The Kier molecular flexibility index (Phi) is 6.90. The van der Waals surface area contributed by atoms with Crippen molar-refractivity contribution < 1.29 is 33.4 Å². The molecule has 15 heteroatoms. The summed E-state index contributed by atoms with van der Waals surface area (Å²) in [5.74, 6) is -1.14. The van der Waals surface area contributed by atoms with E-state index in [9.17, 15) is 24.4 Å². The third kappa shape index (κ3) is 5.12. The Morgan fingerprint density at radius 1 is 1.34 bits per heavy atom. The molecule has 0 aliphatic carbocycles. The maximum Gasteiger partial charge on any atom is 0.459 e. The van der Waals surface area contributed by atoms with Crippen molar-refractivity contribution in [2.24, 2.45) is 0 Å². The Morgan fingerprint density at radius 2 is 2.11 bits per heavy atom. The molecular weight excluding hydrogens is 519 g/mol. The molecule has 0 radical (unpaired) electrons. The van der Waals surface area contributed by atoms with Crippen molar-refractivity contribution >= 4 is 41.6 Å². The minimum Gasteiger partial charge on any atom is -0.480 e. The van der Waals surface area contributed by atoms with Gasteiger partial charge in [0.1, 0.15) is 24.1 Å². The highest BCUT2D eigenvalue weighted by Gasteiger charge is 2.39. The van der Waals surface area contributed by atoms with E-state index in [0.717, 1.165) is 5.39 Å². The summed E-state index contributed by atoms with van der Waals surface area (Å²) < 4.78 is 32.5. The molecule has 14 nitrogen and oxygen atoms in total. The van der Waals surface area contributed by atoms with E-state index in [2.05, 4.69) is 20.0 Å². The van der Waals surface area contributed by atoms with E-state index in [1.165, 1.54) is 17.8 Å². The molecule has 0 amide bonds. The van der Waals surface area contributed by atoms with Gasteiger partial charge < -0.3 is 25.2 Å². The number of carboxylic acids is 1. The minimum absolute atomic E-state index is 0.0526. The molecule has 0 saturated carbocycles. The zero-order valence-electron chi connectivity index (χ0n) is 20.1. The summed E-state index contributed by atoms with van der Waals surface area (Å²) in [6.07, 6.45) is -1.37. The number of ether oxygens (including phenoxy) is 1. The van der Waals surface area contributed by atoms with Gasteiger partial charge in [-0.3, -0.25) is 23.7 Å². The van der Waals surface area contributed by atoms with Crippen molar-refractivity contribution in [3.8, 4) is 5.75 Å². The summed E-state index contributed by atoms with van der Waals surface area (Å²) in [6, 6.07) is 11.1. The van der Waals surface area contributed by atoms with Crippen molar-refractivity contribution in [2.75, 3.05) is 12.3 Å². The molecule has 1 saturated heterocycles. The molecule has 2 aromatic heterocycles. The second-order valence-electron chi connectivity index (χ2n) is 8.76. The highest BCUT2D eigenvalue weighted by molar-refractivity contribution is 7.52. The molecule has 1 unspecified atom stereocenters. The predicted molar refractivity (Wildman–Crippen MR) is 135 cm³/mol. The van der Waals surface area contributed by atoms with Crippen LogP contribution in [0.1, 0.15) is 19.6 Å². The van der Waals surface area contributed by atoms with E-state index < -0.39 is 50.4 Å². The topological polar surface area (TPSA) is 204 Å². The van der Waals surface area contributed by atoms with E-state index in [-0.39, 0.29) is 29.3 Å². The molecule has 0 bridgehead atoms. The fraction of sp³-hybridized carbons (Fsp3) is 0.304. The zero-order valence-corrected chi connectivity index (χ0v) is 20.9. The van der Waals surface area contributed by atoms with E-state index in [1.54, 1.807) is 24.3 Å². The summed E-state index contributed by atoms with van der Waals surface area (Å²) in [5.41, 5.74) is 5.36. The van der Waals surface area contributed by atoms with Gasteiger partial charge in [-0.05, 0) is 18.4 Å². The van der Waals surface area contributed by atoms with Gasteiger partial charge in [0.2, 0.25) is 5.95 Å². The van der Waals surface area contributed by atoms with Crippen LogP contribution < -0.4 is 20.9 Å². The molecule has 1 fully saturated rings. The lowest BCUT2D eigenvalue weighted by Crippen LogP contribution is -2.35. The van der Waals surface area contributed by atoms with Gasteiger partial charge in [0.05, 0.1) is 19.0 Å². The van der Waals surface area contributed by atoms with Gasteiger partial charge in [-0.15, -0.1) is 0 Å². The van der Waals surface area contributed by atoms with E-state index in [4.69, 9.17) is 19.5 Å². The number of carbonyl (C=O) groups is 1. The summed E-state index contributed by atoms with van der Waals surface area (Å²) in [4.78, 5) is 34.1. The number of nitrogens with two attached hydrogens (primary N) is 1. The third-order valence-electron chi connectivity index (χ3n) is 6.06. The number of rotatable bonds is 9. The molecule has 6 N–H and O–H groups in total. The highest BCUT2D eigenvalue weighted by atomic mass is 31.2. The Morgan fingerprint density at radius 3 is 2.89 bits per heavy atom. The molecule has 3 heterocycles. The van der Waals surface area contributed by atoms with Gasteiger partial charge >= 0.3 is 13.7 Å². The second kappa shape index (κ2) is 10.2. The first-order chi connectivity index (χ1) is 18.1. The Hall–Kier alpha value is -3.81. The minimum atomic E-state index is -4.28. The molecule has 5 atom stereocenters. The molecule has 0 spiro atoms. The smallest absolute Gasteiger partial charge is 0.459 e. The fourth-order valence-electron chi connectivity index (χ4n) is 4.15. The van der Waals surface area contributed by atoms with Crippen LogP contribution in [0, 0.1) is 0 Å². The maximum atomic E-state index is 13.7. The van der Waals surface area contributed by atoms with Crippen molar-refractivity contribution in [1.82, 2.24) is 24.6 Å². The monoisotopic (exact) mass is 544 g/mol. The maximum absolute atomic E-state index is 13.7. The fourth-order valence-corrected chi connectivity index (χ4v) is 5.67. The number of fused-ring (bicyclic) bond motifs is 2. The third-order valence-corrected chi connectivity index (χ3v) is 7.69. The Labute approximate surface area is 215 Å². The first kappa shape index (κ1) is 25.8. The van der Waals surface area contributed by atoms with Crippen LogP contribution in [0.3, 0.4) is 0 Å². The van der Waals surface area contributed by atoms with Gasteiger partial charge in [0.15, 0.2) is 11.2 Å². The number of aromatic amines is 1. The van der Waals surface area contributed by atoms with Gasteiger partial charge in [-0.1, -0.05) is 36.4 Å². The van der Waals surface area contributed by atoms with Gasteiger partial charge in [-0.2, -0.15) is 10.1 Å². The van der Waals surface area contributed by atoms with Crippen LogP contribution in [-0.2, 0) is 18.6 Å². The summed E-state index contributed by atoms with van der Waals surface area (Å²) in [5, 5.41) is 23.9. The number of hydrogen-bond acceptors (Lipinski definition) is 10. The lowest BCUT2D eigenvalue weighted by atomic mass is 10.1. The molecule has 1 aliphatic rings. The van der Waals surface area contributed by atoms with Crippen LogP contribution in [-0.4, -0.2) is 60.6 Å². The number of benzene rings is 2.